The number of pyridine rings is 1. The van der Waals surface area contributed by atoms with Crippen molar-refractivity contribution < 1.29 is 13.9 Å². The van der Waals surface area contributed by atoms with Gasteiger partial charge in [0.1, 0.15) is 12.1 Å². The van der Waals surface area contributed by atoms with Crippen LogP contribution in [0.15, 0.2) is 21.6 Å². The molecule has 1 amide bonds. The van der Waals surface area contributed by atoms with Gasteiger partial charge in [0.25, 0.3) is 5.56 Å². The topological polar surface area (TPSA) is 90.5 Å². The molecule has 146 valence electrons. The number of rotatable bonds is 2. The molecule has 3 aromatic rings. The lowest BCUT2D eigenvalue weighted by atomic mass is 9.95. The molecule has 8 nitrogen and oxygen atoms in total. The van der Waals surface area contributed by atoms with E-state index in [1.165, 1.54) is 10.9 Å². The summed E-state index contributed by atoms with van der Waals surface area (Å²) in [7, 11) is 0. The Bertz CT molecular complexity index is 1150. The molecule has 5 heterocycles. The van der Waals surface area contributed by atoms with Gasteiger partial charge in [0, 0.05) is 25.1 Å². The smallest absolute Gasteiger partial charge is 0.297 e. The third-order valence-electron chi connectivity index (χ3n) is 5.58. The number of likely N-dealkylation sites (tertiary alicyclic amines) is 1. The molecular formula is C20H22N4O4. The summed E-state index contributed by atoms with van der Waals surface area (Å²) in [5.41, 5.74) is 2.30. The Kier molecular flexibility index (Phi) is 3.80. The van der Waals surface area contributed by atoms with Crippen LogP contribution in [0.5, 0.6) is 0 Å². The van der Waals surface area contributed by atoms with Crippen LogP contribution in [0.1, 0.15) is 37.9 Å². The second-order valence-electron chi connectivity index (χ2n) is 8.22. The Morgan fingerprint density at radius 3 is 2.86 bits per heavy atom. The van der Waals surface area contributed by atoms with E-state index in [1.807, 2.05) is 19.9 Å². The average molecular weight is 382 g/mol. The fourth-order valence-corrected chi connectivity index (χ4v) is 4.00. The molecule has 0 N–H and O–H groups in total. The first-order valence-electron chi connectivity index (χ1n) is 9.63. The summed E-state index contributed by atoms with van der Waals surface area (Å²) in [6.07, 6.45) is 4.13. The number of hydrogen-bond acceptors (Lipinski definition) is 6. The zero-order chi connectivity index (χ0) is 19.5. The van der Waals surface area contributed by atoms with Gasteiger partial charge >= 0.3 is 0 Å². The minimum absolute atomic E-state index is 0.0230. The first-order valence-corrected chi connectivity index (χ1v) is 9.63. The van der Waals surface area contributed by atoms with Crippen molar-refractivity contribution >= 4 is 28.1 Å². The molecule has 0 bridgehead atoms. The van der Waals surface area contributed by atoms with Gasteiger partial charge in [-0.25, -0.2) is 9.97 Å². The minimum atomic E-state index is -0.356. The molecule has 5 rings (SSSR count). The van der Waals surface area contributed by atoms with Crippen molar-refractivity contribution in [2.24, 2.45) is 0 Å². The number of carbonyl (C=O) groups is 1. The minimum Gasteiger partial charge on any atom is -0.430 e. The van der Waals surface area contributed by atoms with Crippen molar-refractivity contribution in [1.29, 1.82) is 0 Å². The van der Waals surface area contributed by atoms with E-state index in [4.69, 9.17) is 9.15 Å². The molecule has 2 aliphatic rings. The molecule has 1 saturated heterocycles. The van der Waals surface area contributed by atoms with Gasteiger partial charge in [-0.05, 0) is 32.8 Å². The van der Waals surface area contributed by atoms with Crippen molar-refractivity contribution in [2.75, 3.05) is 13.1 Å². The molecule has 2 aliphatic heterocycles. The third-order valence-corrected chi connectivity index (χ3v) is 5.58. The second kappa shape index (κ2) is 6.13. The van der Waals surface area contributed by atoms with Crippen molar-refractivity contribution in [3.05, 3.63) is 34.0 Å². The number of nitrogens with zero attached hydrogens (tertiary/aromatic N) is 4. The molecule has 0 aromatic carbocycles. The van der Waals surface area contributed by atoms with Gasteiger partial charge in [0.05, 0.1) is 29.6 Å². The highest BCUT2D eigenvalue weighted by Crippen LogP contribution is 2.31. The first kappa shape index (κ1) is 17.4. The molecule has 0 radical (unpaired) electrons. The van der Waals surface area contributed by atoms with Crippen LogP contribution in [-0.4, -0.2) is 44.0 Å². The van der Waals surface area contributed by atoms with Crippen LogP contribution in [0, 0.1) is 0 Å². The number of furan rings is 1. The average Bonchev–Trinajstić information content (AvgIpc) is 3.30. The highest BCUT2D eigenvalue weighted by atomic mass is 16.5. The van der Waals surface area contributed by atoms with E-state index >= 15 is 0 Å². The zero-order valence-electron chi connectivity index (χ0n) is 16.0. The fraction of sp³-hybridized carbons (Fsp3) is 0.500. The molecule has 0 spiro atoms. The molecule has 0 saturated carbocycles. The van der Waals surface area contributed by atoms with E-state index in [0.717, 1.165) is 37.2 Å². The van der Waals surface area contributed by atoms with Crippen molar-refractivity contribution in [2.45, 2.75) is 51.9 Å². The summed E-state index contributed by atoms with van der Waals surface area (Å²) in [6, 6.07) is 1.95. The maximum absolute atomic E-state index is 12.9. The Labute approximate surface area is 161 Å². The lowest BCUT2D eigenvalue weighted by molar-refractivity contribution is -0.130. The number of carbonyl (C=O) groups excluding carboxylic acids is 1. The van der Waals surface area contributed by atoms with Crippen LogP contribution < -0.4 is 5.56 Å². The van der Waals surface area contributed by atoms with Crippen LogP contribution in [0.4, 0.5) is 0 Å². The molecule has 0 atom stereocenters. The van der Waals surface area contributed by atoms with Crippen molar-refractivity contribution in [3.63, 3.8) is 0 Å². The predicted octanol–water partition coefficient (Wildman–Crippen LogP) is 2.01. The normalized spacial score (nSPS) is 18.7. The Morgan fingerprint density at radius 1 is 1.29 bits per heavy atom. The standard InChI is InChI=1S/C20H22N4O4/c1-20(2)8-14-12(10-27-20)7-13-16-17(28-18(13)22-14)19(26)24(11-21-16)9-15(25)23-5-3-4-6-23/h7,11H,3-6,8-10H2,1-2H3. The third kappa shape index (κ3) is 2.79. The second-order valence-corrected chi connectivity index (χ2v) is 8.22. The summed E-state index contributed by atoms with van der Waals surface area (Å²) in [5, 5.41) is 0.701. The Hall–Kier alpha value is -2.74. The highest BCUT2D eigenvalue weighted by molar-refractivity contribution is 6.00. The summed E-state index contributed by atoms with van der Waals surface area (Å²) in [4.78, 5) is 36.1. The number of amides is 1. The van der Waals surface area contributed by atoms with Gasteiger partial charge in [-0.1, -0.05) is 0 Å². The van der Waals surface area contributed by atoms with Gasteiger partial charge < -0.3 is 14.1 Å². The van der Waals surface area contributed by atoms with Gasteiger partial charge in [-0.3, -0.25) is 14.2 Å². The monoisotopic (exact) mass is 382 g/mol. The van der Waals surface area contributed by atoms with Crippen LogP contribution >= 0.6 is 0 Å². The number of hydrogen-bond donors (Lipinski definition) is 0. The van der Waals surface area contributed by atoms with Gasteiger partial charge in [-0.15, -0.1) is 0 Å². The summed E-state index contributed by atoms with van der Waals surface area (Å²) < 4.78 is 13.0. The highest BCUT2D eigenvalue weighted by Gasteiger charge is 2.29. The molecule has 3 aromatic heterocycles. The zero-order valence-corrected chi connectivity index (χ0v) is 16.0. The maximum Gasteiger partial charge on any atom is 0.297 e. The molecule has 0 unspecified atom stereocenters. The van der Waals surface area contributed by atoms with E-state index < -0.39 is 0 Å². The number of fused-ring (bicyclic) bond motifs is 4. The summed E-state index contributed by atoms with van der Waals surface area (Å²) >= 11 is 0. The Balaban J connectivity index is 1.56. The van der Waals surface area contributed by atoms with Crippen LogP contribution in [0.25, 0.3) is 22.2 Å². The Morgan fingerprint density at radius 2 is 2.07 bits per heavy atom. The van der Waals surface area contributed by atoms with E-state index in [1.54, 1.807) is 4.90 Å². The molecular weight excluding hydrogens is 360 g/mol. The van der Waals surface area contributed by atoms with Gasteiger partial charge in [0.15, 0.2) is 0 Å². The molecule has 28 heavy (non-hydrogen) atoms. The first-order chi connectivity index (χ1) is 13.4. The molecule has 1 fully saturated rings. The van der Waals surface area contributed by atoms with E-state index in [2.05, 4.69) is 9.97 Å². The SMILES string of the molecule is CC1(C)Cc2nc3oc4c(=O)n(CC(=O)N5CCCC5)cnc4c3cc2CO1. The predicted molar refractivity (Wildman–Crippen MR) is 102 cm³/mol. The number of aromatic nitrogens is 3. The van der Waals surface area contributed by atoms with Gasteiger partial charge in [0.2, 0.25) is 17.2 Å². The van der Waals surface area contributed by atoms with Crippen molar-refractivity contribution in [1.82, 2.24) is 19.4 Å². The lowest BCUT2D eigenvalue weighted by Crippen LogP contribution is -2.34. The maximum atomic E-state index is 12.9. The van der Waals surface area contributed by atoms with Crippen LogP contribution in [0.2, 0.25) is 0 Å². The van der Waals surface area contributed by atoms with Gasteiger partial charge in [-0.2, -0.15) is 0 Å². The largest absolute Gasteiger partial charge is 0.430 e. The van der Waals surface area contributed by atoms with Crippen molar-refractivity contribution in [3.8, 4) is 0 Å². The quantitative estimate of drug-likeness (QED) is 0.673. The summed E-state index contributed by atoms with van der Waals surface area (Å²) in [6.45, 7) is 6.00. The van der Waals surface area contributed by atoms with E-state index in [-0.39, 0.29) is 29.2 Å². The van der Waals surface area contributed by atoms with E-state index in [9.17, 15) is 9.59 Å². The van der Waals surface area contributed by atoms with Crippen LogP contribution in [-0.2, 0) is 29.1 Å². The lowest BCUT2D eigenvalue weighted by Gasteiger charge is -2.30. The van der Waals surface area contributed by atoms with E-state index in [0.29, 0.717) is 29.6 Å². The molecule has 8 heteroatoms. The number of ether oxygens (including phenoxy) is 1. The molecule has 0 aliphatic carbocycles. The summed E-state index contributed by atoms with van der Waals surface area (Å²) in [5.74, 6) is -0.0650. The fourth-order valence-electron chi connectivity index (χ4n) is 4.00. The van der Waals surface area contributed by atoms with Crippen LogP contribution in [0.3, 0.4) is 0 Å².